The fourth-order valence-electron chi connectivity index (χ4n) is 3.84. The number of benzene rings is 1. The average Bonchev–Trinajstić information content (AvgIpc) is 2.65. The molecule has 0 saturated carbocycles. The van der Waals surface area contributed by atoms with Crippen LogP contribution in [0.25, 0.3) is 0 Å². The van der Waals surface area contributed by atoms with Crippen LogP contribution in [-0.2, 0) is 27.7 Å². The molecule has 3 rings (SSSR count). The third kappa shape index (κ3) is 5.47. The van der Waals surface area contributed by atoms with Crippen LogP contribution in [0.1, 0.15) is 50.7 Å². The second kappa shape index (κ2) is 9.11. The summed E-state index contributed by atoms with van der Waals surface area (Å²) in [5, 5.41) is 2.88. The van der Waals surface area contributed by atoms with Crippen molar-refractivity contribution in [2.24, 2.45) is 11.7 Å². The maximum absolute atomic E-state index is 13.0. The summed E-state index contributed by atoms with van der Waals surface area (Å²) < 4.78 is 27.6. The molecular weight excluding hydrogens is 398 g/mol. The topological polar surface area (TPSA) is 92.5 Å². The molecule has 1 aromatic rings. The Morgan fingerprint density at radius 3 is 2.39 bits per heavy atom. The molecule has 0 spiro atoms. The molecule has 6 nitrogen and oxygen atoms in total. The number of piperidine rings is 1. The number of aryl methyl sites for hydroxylation is 2. The summed E-state index contributed by atoms with van der Waals surface area (Å²) in [7, 11) is -3.50. The van der Waals surface area contributed by atoms with E-state index in [-0.39, 0.29) is 24.2 Å². The van der Waals surface area contributed by atoms with Crippen LogP contribution in [-0.4, -0.2) is 43.8 Å². The summed E-state index contributed by atoms with van der Waals surface area (Å²) in [5.74, 6) is -0.179. The SMILES string of the molecule is CC(C)(N)CNC(=O)C1CCN(S(=O)(=O)c2ccc3c(c2)CCCC3)CC1.Cl. The number of nitrogens with one attached hydrogen (secondary N) is 1. The van der Waals surface area contributed by atoms with E-state index in [2.05, 4.69) is 5.32 Å². The third-order valence-corrected chi connectivity index (χ3v) is 7.40. The predicted molar refractivity (Wildman–Crippen MR) is 113 cm³/mol. The summed E-state index contributed by atoms with van der Waals surface area (Å²) in [6, 6.07) is 5.56. The molecule has 0 radical (unpaired) electrons. The first kappa shape index (κ1) is 23.1. The fraction of sp³-hybridized carbons (Fsp3) is 0.650. The Balaban J connectivity index is 0.00000280. The normalized spacial score (nSPS) is 18.8. The Hall–Kier alpha value is -1.15. The zero-order chi connectivity index (χ0) is 19.7. The smallest absolute Gasteiger partial charge is 0.243 e. The van der Waals surface area contributed by atoms with Crippen molar-refractivity contribution in [2.45, 2.75) is 62.8 Å². The highest BCUT2D eigenvalue weighted by Gasteiger charge is 2.32. The number of hydrogen-bond donors (Lipinski definition) is 2. The van der Waals surface area contributed by atoms with Crippen molar-refractivity contribution in [1.82, 2.24) is 9.62 Å². The van der Waals surface area contributed by atoms with Gasteiger partial charge in [-0.3, -0.25) is 4.79 Å². The maximum atomic E-state index is 13.0. The zero-order valence-electron chi connectivity index (χ0n) is 16.7. The molecule has 3 N–H and O–H groups in total. The fourth-order valence-corrected chi connectivity index (χ4v) is 5.36. The first-order valence-electron chi connectivity index (χ1n) is 9.85. The molecule has 1 aliphatic carbocycles. The van der Waals surface area contributed by atoms with Crippen LogP contribution in [0.2, 0.25) is 0 Å². The summed E-state index contributed by atoms with van der Waals surface area (Å²) in [6.45, 7) is 4.90. The maximum Gasteiger partial charge on any atom is 0.243 e. The Kier molecular flexibility index (Phi) is 7.53. The molecule has 158 valence electrons. The van der Waals surface area contributed by atoms with Gasteiger partial charge >= 0.3 is 0 Å². The number of fused-ring (bicyclic) bond motifs is 1. The highest BCUT2D eigenvalue weighted by atomic mass is 35.5. The second-order valence-electron chi connectivity index (χ2n) is 8.52. The van der Waals surface area contributed by atoms with Gasteiger partial charge in [-0.05, 0) is 75.6 Å². The van der Waals surface area contributed by atoms with Gasteiger partial charge in [0.2, 0.25) is 15.9 Å². The Bertz CT molecular complexity index is 797. The number of sulfonamides is 1. The van der Waals surface area contributed by atoms with E-state index in [0.29, 0.717) is 37.4 Å². The van der Waals surface area contributed by atoms with Crippen molar-refractivity contribution >= 4 is 28.3 Å². The number of rotatable bonds is 5. The standard InChI is InChI=1S/C20H31N3O3S.ClH/c1-20(2,21)14-22-19(24)16-9-11-23(12-10-16)27(25,26)18-8-7-15-5-3-4-6-17(15)13-18;/h7-8,13,16H,3-6,9-12,14,21H2,1-2H3,(H,22,24);1H. The second-order valence-corrected chi connectivity index (χ2v) is 10.5. The lowest BCUT2D eigenvalue weighted by Gasteiger charge is -2.31. The van der Waals surface area contributed by atoms with Crippen molar-refractivity contribution < 1.29 is 13.2 Å². The minimum atomic E-state index is -3.50. The zero-order valence-corrected chi connectivity index (χ0v) is 18.4. The van der Waals surface area contributed by atoms with Crippen molar-refractivity contribution in [2.75, 3.05) is 19.6 Å². The first-order valence-corrected chi connectivity index (χ1v) is 11.3. The average molecular weight is 430 g/mol. The monoisotopic (exact) mass is 429 g/mol. The lowest BCUT2D eigenvalue weighted by molar-refractivity contribution is -0.126. The number of halogens is 1. The minimum absolute atomic E-state index is 0. The third-order valence-electron chi connectivity index (χ3n) is 5.50. The van der Waals surface area contributed by atoms with Gasteiger partial charge in [-0.1, -0.05) is 6.07 Å². The Labute approximate surface area is 174 Å². The molecular formula is C20H32ClN3O3S. The van der Waals surface area contributed by atoms with Crippen LogP contribution in [0.4, 0.5) is 0 Å². The molecule has 0 atom stereocenters. The number of nitrogens with zero attached hydrogens (tertiary/aromatic N) is 1. The van der Waals surface area contributed by atoms with E-state index in [1.165, 1.54) is 21.9 Å². The van der Waals surface area contributed by atoms with E-state index in [1.54, 1.807) is 6.07 Å². The molecule has 1 aromatic carbocycles. The lowest BCUT2D eigenvalue weighted by Crippen LogP contribution is -2.48. The summed E-state index contributed by atoms with van der Waals surface area (Å²) in [6.07, 6.45) is 5.38. The molecule has 1 amide bonds. The van der Waals surface area contributed by atoms with Crippen LogP contribution in [0, 0.1) is 5.92 Å². The van der Waals surface area contributed by atoms with Crippen molar-refractivity contribution in [3.8, 4) is 0 Å². The Morgan fingerprint density at radius 1 is 1.18 bits per heavy atom. The van der Waals surface area contributed by atoms with E-state index in [0.717, 1.165) is 19.3 Å². The minimum Gasteiger partial charge on any atom is -0.354 e. The van der Waals surface area contributed by atoms with Crippen LogP contribution in [0.15, 0.2) is 23.1 Å². The van der Waals surface area contributed by atoms with Gasteiger partial charge in [0.05, 0.1) is 4.90 Å². The van der Waals surface area contributed by atoms with Crippen LogP contribution >= 0.6 is 12.4 Å². The van der Waals surface area contributed by atoms with Crippen molar-refractivity contribution in [3.63, 3.8) is 0 Å². The summed E-state index contributed by atoms with van der Waals surface area (Å²) >= 11 is 0. The number of carbonyl (C=O) groups excluding carboxylic acids is 1. The summed E-state index contributed by atoms with van der Waals surface area (Å²) in [5.41, 5.74) is 7.89. The molecule has 1 saturated heterocycles. The highest BCUT2D eigenvalue weighted by molar-refractivity contribution is 7.89. The number of nitrogens with two attached hydrogens (primary N) is 1. The van der Waals surface area contributed by atoms with Gasteiger partial charge in [0.1, 0.15) is 0 Å². The van der Waals surface area contributed by atoms with Crippen LogP contribution in [0.3, 0.4) is 0 Å². The quantitative estimate of drug-likeness (QED) is 0.750. The molecule has 1 aliphatic heterocycles. The summed E-state index contributed by atoms with van der Waals surface area (Å²) in [4.78, 5) is 12.7. The molecule has 0 bridgehead atoms. The molecule has 1 heterocycles. The largest absolute Gasteiger partial charge is 0.354 e. The van der Waals surface area contributed by atoms with Gasteiger partial charge in [0, 0.05) is 31.1 Å². The molecule has 2 aliphatic rings. The van der Waals surface area contributed by atoms with E-state index in [9.17, 15) is 13.2 Å². The molecule has 28 heavy (non-hydrogen) atoms. The Morgan fingerprint density at radius 2 is 1.79 bits per heavy atom. The van der Waals surface area contributed by atoms with E-state index < -0.39 is 15.6 Å². The molecule has 1 fully saturated rings. The van der Waals surface area contributed by atoms with Crippen molar-refractivity contribution in [3.05, 3.63) is 29.3 Å². The van der Waals surface area contributed by atoms with Crippen LogP contribution in [0.5, 0.6) is 0 Å². The van der Waals surface area contributed by atoms with Gasteiger partial charge in [-0.2, -0.15) is 4.31 Å². The van der Waals surface area contributed by atoms with E-state index >= 15 is 0 Å². The molecule has 0 unspecified atom stereocenters. The number of amides is 1. The first-order chi connectivity index (χ1) is 12.7. The van der Waals surface area contributed by atoms with Gasteiger partial charge in [0.25, 0.3) is 0 Å². The van der Waals surface area contributed by atoms with Crippen LogP contribution < -0.4 is 11.1 Å². The van der Waals surface area contributed by atoms with E-state index in [4.69, 9.17) is 5.73 Å². The van der Waals surface area contributed by atoms with Gasteiger partial charge in [0.15, 0.2) is 0 Å². The van der Waals surface area contributed by atoms with E-state index in [1.807, 2.05) is 26.0 Å². The highest BCUT2D eigenvalue weighted by Crippen LogP contribution is 2.28. The van der Waals surface area contributed by atoms with Gasteiger partial charge < -0.3 is 11.1 Å². The van der Waals surface area contributed by atoms with Crippen molar-refractivity contribution in [1.29, 1.82) is 0 Å². The number of carbonyl (C=O) groups is 1. The molecule has 0 aromatic heterocycles. The predicted octanol–water partition coefficient (Wildman–Crippen LogP) is 2.24. The van der Waals surface area contributed by atoms with Gasteiger partial charge in [-0.15, -0.1) is 12.4 Å². The number of hydrogen-bond acceptors (Lipinski definition) is 4. The van der Waals surface area contributed by atoms with Gasteiger partial charge in [-0.25, -0.2) is 8.42 Å². The molecule has 8 heteroatoms. The lowest BCUT2D eigenvalue weighted by atomic mass is 9.92.